The number of aromatic nitrogens is 2. The van der Waals surface area contributed by atoms with Crippen molar-refractivity contribution in [2.24, 2.45) is 0 Å². The lowest BCUT2D eigenvalue weighted by molar-refractivity contribution is 0.442. The molecule has 4 nitrogen and oxygen atoms in total. The van der Waals surface area contributed by atoms with Crippen LogP contribution in [0.5, 0.6) is 0 Å². The summed E-state index contributed by atoms with van der Waals surface area (Å²) in [6.45, 7) is 4.16. The lowest BCUT2D eigenvalue weighted by atomic mass is 10.3. The van der Waals surface area contributed by atoms with Crippen molar-refractivity contribution in [2.75, 3.05) is 0 Å². The zero-order valence-corrected chi connectivity index (χ0v) is 7.16. The highest BCUT2D eigenvalue weighted by Gasteiger charge is 2.02. The molecule has 1 heterocycles. The second kappa shape index (κ2) is 3.88. The van der Waals surface area contributed by atoms with Crippen LogP contribution in [-0.4, -0.2) is 16.2 Å². The molecule has 12 heavy (non-hydrogen) atoms. The molecule has 1 rings (SSSR count). The van der Waals surface area contributed by atoms with Gasteiger partial charge in [0.2, 0.25) is 11.8 Å². The summed E-state index contributed by atoms with van der Waals surface area (Å²) in [5, 5.41) is 10.5. The molecule has 0 aliphatic heterocycles. The maximum Gasteiger partial charge on any atom is 0.230 e. The van der Waals surface area contributed by atoms with Crippen LogP contribution < -0.4 is 5.32 Å². The van der Waals surface area contributed by atoms with Gasteiger partial charge in [-0.15, -0.1) is 16.6 Å². The van der Waals surface area contributed by atoms with Crippen molar-refractivity contribution in [3.05, 3.63) is 11.8 Å². The second-order valence-corrected chi connectivity index (χ2v) is 2.48. The van der Waals surface area contributed by atoms with E-state index in [0.717, 1.165) is 0 Å². The Labute approximate surface area is 71.4 Å². The Morgan fingerprint density at radius 2 is 2.42 bits per heavy atom. The van der Waals surface area contributed by atoms with E-state index in [1.807, 2.05) is 6.92 Å². The second-order valence-electron chi connectivity index (χ2n) is 2.48. The minimum absolute atomic E-state index is 0.0252. The first kappa shape index (κ1) is 8.75. The lowest BCUT2D eigenvalue weighted by Crippen LogP contribution is -2.23. The van der Waals surface area contributed by atoms with Crippen LogP contribution in [0, 0.1) is 19.3 Å². The summed E-state index contributed by atoms with van der Waals surface area (Å²) in [5.74, 6) is 3.68. The average molecular weight is 165 g/mol. The number of terminal acetylenes is 1. The smallest absolute Gasteiger partial charge is 0.230 e. The van der Waals surface area contributed by atoms with Gasteiger partial charge in [-0.1, -0.05) is 5.92 Å². The Morgan fingerprint density at radius 1 is 1.67 bits per heavy atom. The summed E-state index contributed by atoms with van der Waals surface area (Å²) < 4.78 is 5.13. The van der Waals surface area contributed by atoms with Gasteiger partial charge >= 0.3 is 0 Å². The summed E-state index contributed by atoms with van der Waals surface area (Å²) >= 11 is 0. The zero-order chi connectivity index (χ0) is 8.97. The number of hydrogen-bond donors (Lipinski definition) is 1. The summed E-state index contributed by atoms with van der Waals surface area (Å²) in [7, 11) is 0. The number of aryl methyl sites for hydroxylation is 1. The van der Waals surface area contributed by atoms with Gasteiger partial charge in [0.1, 0.15) is 0 Å². The van der Waals surface area contributed by atoms with Gasteiger partial charge in [0, 0.05) is 6.92 Å². The number of rotatable bonds is 3. The standard InChI is InChI=1S/C8H11N3O/c1-4-6(2)9-5-8-11-10-7(3)12-8/h1,6,9H,5H2,2-3H3. The normalized spacial score (nSPS) is 12.4. The van der Waals surface area contributed by atoms with Crippen LogP contribution in [-0.2, 0) is 6.54 Å². The molecule has 1 N–H and O–H groups in total. The summed E-state index contributed by atoms with van der Waals surface area (Å²) in [6.07, 6.45) is 5.16. The predicted octanol–water partition coefficient (Wildman–Crippen LogP) is 0.489. The Morgan fingerprint density at radius 3 is 2.92 bits per heavy atom. The summed E-state index contributed by atoms with van der Waals surface area (Å²) in [5.41, 5.74) is 0. The maximum absolute atomic E-state index is 5.16. The highest BCUT2D eigenvalue weighted by Crippen LogP contribution is 1.96. The lowest BCUT2D eigenvalue weighted by Gasteiger charge is -2.02. The average Bonchev–Trinajstić information content (AvgIpc) is 2.47. The molecule has 0 aromatic carbocycles. The highest BCUT2D eigenvalue weighted by atomic mass is 16.4. The van der Waals surface area contributed by atoms with E-state index in [1.54, 1.807) is 6.92 Å². The Bertz CT molecular complexity index is 287. The first-order chi connectivity index (χ1) is 5.72. The van der Waals surface area contributed by atoms with Crippen molar-refractivity contribution in [1.82, 2.24) is 15.5 Å². The molecule has 0 saturated heterocycles. The molecular weight excluding hydrogens is 154 g/mol. The van der Waals surface area contributed by atoms with Gasteiger partial charge in [0.05, 0.1) is 12.6 Å². The van der Waals surface area contributed by atoms with Crippen LogP contribution in [0.25, 0.3) is 0 Å². The maximum atomic E-state index is 5.16. The molecule has 4 heteroatoms. The first-order valence-electron chi connectivity index (χ1n) is 3.71. The molecule has 1 aromatic heterocycles. The fourth-order valence-electron chi connectivity index (χ4n) is 0.708. The van der Waals surface area contributed by atoms with E-state index in [1.165, 1.54) is 0 Å². The molecule has 0 spiro atoms. The minimum atomic E-state index is 0.0252. The van der Waals surface area contributed by atoms with Gasteiger partial charge in [-0.2, -0.15) is 0 Å². The number of nitrogens with one attached hydrogen (secondary N) is 1. The molecule has 1 aromatic rings. The van der Waals surface area contributed by atoms with Gasteiger partial charge < -0.3 is 4.42 Å². The van der Waals surface area contributed by atoms with E-state index in [-0.39, 0.29) is 6.04 Å². The quantitative estimate of drug-likeness (QED) is 0.662. The van der Waals surface area contributed by atoms with E-state index >= 15 is 0 Å². The fourth-order valence-corrected chi connectivity index (χ4v) is 0.708. The third-order valence-electron chi connectivity index (χ3n) is 1.38. The molecule has 0 amide bonds. The zero-order valence-electron chi connectivity index (χ0n) is 7.16. The predicted molar refractivity (Wildman–Crippen MR) is 44.2 cm³/mol. The van der Waals surface area contributed by atoms with Gasteiger partial charge in [-0.3, -0.25) is 5.32 Å². The molecule has 0 aliphatic rings. The fraction of sp³-hybridized carbons (Fsp3) is 0.500. The number of nitrogens with zero attached hydrogens (tertiary/aromatic N) is 2. The molecular formula is C8H11N3O. The van der Waals surface area contributed by atoms with Crippen LogP contribution in [0.2, 0.25) is 0 Å². The largest absolute Gasteiger partial charge is 0.424 e. The molecule has 1 unspecified atom stereocenters. The van der Waals surface area contributed by atoms with E-state index in [4.69, 9.17) is 10.8 Å². The Balaban J connectivity index is 2.39. The van der Waals surface area contributed by atoms with Crippen molar-refractivity contribution in [3.8, 4) is 12.3 Å². The topological polar surface area (TPSA) is 51.0 Å². The third kappa shape index (κ3) is 2.36. The minimum Gasteiger partial charge on any atom is -0.424 e. The molecule has 0 fully saturated rings. The molecule has 0 aliphatic carbocycles. The van der Waals surface area contributed by atoms with Crippen LogP contribution in [0.4, 0.5) is 0 Å². The van der Waals surface area contributed by atoms with E-state index in [2.05, 4.69) is 21.4 Å². The third-order valence-corrected chi connectivity index (χ3v) is 1.38. The summed E-state index contributed by atoms with van der Waals surface area (Å²) in [4.78, 5) is 0. The van der Waals surface area contributed by atoms with Gasteiger partial charge in [-0.05, 0) is 6.92 Å². The summed E-state index contributed by atoms with van der Waals surface area (Å²) in [6, 6.07) is 0.0252. The monoisotopic (exact) mass is 165 g/mol. The Kier molecular flexibility index (Phi) is 2.83. The molecule has 64 valence electrons. The van der Waals surface area contributed by atoms with E-state index in [0.29, 0.717) is 18.3 Å². The molecule has 0 saturated carbocycles. The first-order valence-corrected chi connectivity index (χ1v) is 3.71. The van der Waals surface area contributed by atoms with Crippen LogP contribution >= 0.6 is 0 Å². The molecule has 0 bridgehead atoms. The van der Waals surface area contributed by atoms with Crippen molar-refractivity contribution < 1.29 is 4.42 Å². The molecule has 1 atom stereocenters. The van der Waals surface area contributed by atoms with Gasteiger partial charge in [0.15, 0.2) is 0 Å². The number of hydrogen-bond acceptors (Lipinski definition) is 4. The van der Waals surface area contributed by atoms with Crippen LogP contribution in [0.15, 0.2) is 4.42 Å². The highest BCUT2D eigenvalue weighted by molar-refractivity contribution is 4.96. The van der Waals surface area contributed by atoms with E-state index in [9.17, 15) is 0 Å². The SMILES string of the molecule is C#CC(C)NCc1nnc(C)o1. The molecule has 0 radical (unpaired) electrons. The van der Waals surface area contributed by atoms with Crippen LogP contribution in [0.3, 0.4) is 0 Å². The van der Waals surface area contributed by atoms with Crippen molar-refractivity contribution >= 4 is 0 Å². The van der Waals surface area contributed by atoms with Crippen molar-refractivity contribution in [1.29, 1.82) is 0 Å². The van der Waals surface area contributed by atoms with Gasteiger partial charge in [0.25, 0.3) is 0 Å². The van der Waals surface area contributed by atoms with Crippen LogP contribution in [0.1, 0.15) is 18.7 Å². The van der Waals surface area contributed by atoms with Gasteiger partial charge in [-0.25, -0.2) is 0 Å². The Hall–Kier alpha value is -1.34. The van der Waals surface area contributed by atoms with Crippen molar-refractivity contribution in [3.63, 3.8) is 0 Å². The van der Waals surface area contributed by atoms with Crippen molar-refractivity contribution in [2.45, 2.75) is 26.4 Å². The van der Waals surface area contributed by atoms with E-state index < -0.39 is 0 Å².